The number of carbonyl (C=O) groups is 4. The number of aliphatic carboxylic acids is 1. The molecule has 1 fully saturated rings. The van der Waals surface area contributed by atoms with Crippen molar-refractivity contribution in [3.8, 4) is 0 Å². The Hall–Kier alpha value is -1.37. The van der Waals surface area contributed by atoms with E-state index in [1.165, 1.54) is 0 Å². The highest BCUT2D eigenvalue weighted by Gasteiger charge is 2.40. The molecule has 0 spiro atoms. The highest BCUT2D eigenvalue weighted by molar-refractivity contribution is 7.96. The van der Waals surface area contributed by atoms with Gasteiger partial charge in [-0.25, -0.2) is 4.79 Å². The van der Waals surface area contributed by atoms with E-state index in [2.05, 4.69) is 17.9 Å². The van der Waals surface area contributed by atoms with Crippen LogP contribution in [0.1, 0.15) is 12.8 Å². The van der Waals surface area contributed by atoms with Crippen molar-refractivity contribution >= 4 is 35.4 Å². The first-order valence-electron chi connectivity index (χ1n) is 4.20. The van der Waals surface area contributed by atoms with Crippen LogP contribution < -0.4 is 5.32 Å². The molecule has 1 heterocycles. The van der Waals surface area contributed by atoms with Crippen molar-refractivity contribution in [3.05, 3.63) is 0 Å². The summed E-state index contributed by atoms with van der Waals surface area (Å²) in [6.45, 7) is 0. The van der Waals surface area contributed by atoms with Gasteiger partial charge in [0, 0.05) is 18.9 Å². The molecule has 0 aromatic heterocycles. The van der Waals surface area contributed by atoms with Crippen LogP contribution >= 0.6 is 12.6 Å². The van der Waals surface area contributed by atoms with E-state index >= 15 is 0 Å². The molecule has 1 rings (SSSR count). The molecule has 6 nitrogen and oxygen atoms in total. The first-order valence-corrected chi connectivity index (χ1v) is 4.65. The lowest BCUT2D eigenvalue weighted by atomic mass is 9.85. The molecule has 0 aliphatic carbocycles. The molecule has 2 atom stereocenters. The zero-order chi connectivity index (χ0) is 11.6. The van der Waals surface area contributed by atoms with E-state index in [1.807, 2.05) is 0 Å². The molecule has 15 heavy (non-hydrogen) atoms. The van der Waals surface area contributed by atoms with Crippen molar-refractivity contribution < 1.29 is 24.3 Å². The molecule has 0 aromatic rings. The van der Waals surface area contributed by atoms with Gasteiger partial charge in [-0.05, 0) is 0 Å². The van der Waals surface area contributed by atoms with Crippen LogP contribution in [-0.2, 0) is 19.2 Å². The molecular weight excluding hydrogens is 222 g/mol. The fourth-order valence-electron chi connectivity index (χ4n) is 1.39. The maximum absolute atomic E-state index is 11.2. The third-order valence-corrected chi connectivity index (χ3v) is 2.36. The summed E-state index contributed by atoms with van der Waals surface area (Å²) in [5, 5.41) is 10.3. The highest BCUT2D eigenvalue weighted by Crippen LogP contribution is 2.20. The number of carboxylic acid groups (broad SMARTS) is 1. The van der Waals surface area contributed by atoms with E-state index in [1.54, 1.807) is 0 Å². The normalized spacial score (nSPS) is 21.1. The number of β-lactam (4-membered cyclic amide) rings is 1. The lowest BCUT2D eigenvalue weighted by Gasteiger charge is -2.32. The summed E-state index contributed by atoms with van der Waals surface area (Å²) in [5.41, 5.74) is 0. The van der Waals surface area contributed by atoms with Crippen molar-refractivity contribution in [2.75, 3.05) is 0 Å². The van der Waals surface area contributed by atoms with Crippen LogP contribution in [0.5, 0.6) is 0 Å². The van der Waals surface area contributed by atoms with Gasteiger partial charge in [0.15, 0.2) is 5.12 Å². The molecule has 1 aliphatic heterocycles. The van der Waals surface area contributed by atoms with Crippen LogP contribution in [0.3, 0.4) is 0 Å². The minimum atomic E-state index is -1.60. The molecule has 1 saturated heterocycles. The van der Waals surface area contributed by atoms with Gasteiger partial charge in [-0.3, -0.25) is 14.4 Å². The number of nitrogens with one attached hydrogen (secondary N) is 1. The second-order valence-electron chi connectivity index (χ2n) is 3.25. The molecule has 82 valence electrons. The number of thiol groups is 1. The minimum Gasteiger partial charge on any atom is -0.475 e. The fourth-order valence-corrected chi connectivity index (χ4v) is 1.59. The van der Waals surface area contributed by atoms with Gasteiger partial charge in [0.2, 0.25) is 11.7 Å². The number of carbonyl (C=O) groups excluding carboxylic acids is 3. The smallest absolute Gasteiger partial charge is 0.372 e. The maximum Gasteiger partial charge on any atom is 0.372 e. The molecule has 2 unspecified atom stereocenters. The SMILES string of the molecule is O=C(S)CC(C(=O)C(=O)O)C1CC(=O)N1. The van der Waals surface area contributed by atoms with Gasteiger partial charge < -0.3 is 10.4 Å². The van der Waals surface area contributed by atoms with E-state index in [9.17, 15) is 19.2 Å². The highest BCUT2D eigenvalue weighted by atomic mass is 32.1. The molecule has 0 aromatic carbocycles. The average Bonchev–Trinajstić information content (AvgIpc) is 2.07. The Morgan fingerprint density at radius 1 is 1.53 bits per heavy atom. The molecule has 0 radical (unpaired) electrons. The summed E-state index contributed by atoms with van der Waals surface area (Å²) in [6, 6.07) is -0.558. The topological polar surface area (TPSA) is 101 Å². The van der Waals surface area contributed by atoms with Crippen molar-refractivity contribution in [2.24, 2.45) is 5.92 Å². The minimum absolute atomic E-state index is 0.0742. The Morgan fingerprint density at radius 2 is 2.07 bits per heavy atom. The standard InChI is InChI=1S/C8H9NO5S/c10-5-2-4(9-5)3(1-6(11)15)7(12)8(13)14/h3-4H,1-2H2,(H,9,10)(H,11,15)(H,13,14). The molecule has 1 aliphatic rings. The van der Waals surface area contributed by atoms with Gasteiger partial charge >= 0.3 is 5.97 Å². The summed E-state index contributed by atoms with van der Waals surface area (Å²) in [6.07, 6.45) is -0.204. The Balaban J connectivity index is 2.69. The summed E-state index contributed by atoms with van der Waals surface area (Å²) >= 11 is 3.48. The predicted molar refractivity (Wildman–Crippen MR) is 51.3 cm³/mol. The van der Waals surface area contributed by atoms with Gasteiger partial charge in [0.1, 0.15) is 0 Å². The van der Waals surface area contributed by atoms with Crippen molar-refractivity contribution in [2.45, 2.75) is 18.9 Å². The van der Waals surface area contributed by atoms with Crippen LogP contribution in [0, 0.1) is 5.92 Å². The lowest BCUT2D eigenvalue weighted by Crippen LogP contribution is -2.55. The third kappa shape index (κ3) is 2.79. The van der Waals surface area contributed by atoms with Gasteiger partial charge in [-0.15, -0.1) is 12.6 Å². The Labute approximate surface area is 90.4 Å². The molecule has 2 N–H and O–H groups in total. The maximum atomic E-state index is 11.2. The number of Topliss-reactive ketones (excluding diaryl/α,β-unsaturated/α-hetero) is 1. The first kappa shape index (κ1) is 11.7. The quantitative estimate of drug-likeness (QED) is 0.320. The van der Waals surface area contributed by atoms with E-state index in [0.717, 1.165) is 0 Å². The summed E-state index contributed by atoms with van der Waals surface area (Å²) in [5.74, 6) is -3.93. The second kappa shape index (κ2) is 4.43. The molecule has 0 saturated carbocycles. The monoisotopic (exact) mass is 231 g/mol. The number of carboxylic acids is 1. The van der Waals surface area contributed by atoms with Crippen molar-refractivity contribution in [3.63, 3.8) is 0 Å². The zero-order valence-corrected chi connectivity index (χ0v) is 8.49. The van der Waals surface area contributed by atoms with Gasteiger partial charge in [0.25, 0.3) is 0 Å². The molecule has 7 heteroatoms. The summed E-state index contributed by atoms with van der Waals surface area (Å²) in [4.78, 5) is 43.0. The number of hydrogen-bond donors (Lipinski definition) is 3. The predicted octanol–water partition coefficient (Wildman–Crippen LogP) is -1.01. The van der Waals surface area contributed by atoms with Gasteiger partial charge in [0.05, 0.1) is 5.92 Å². The molecule has 0 bridgehead atoms. The Kier molecular flexibility index (Phi) is 3.46. The van der Waals surface area contributed by atoms with E-state index in [4.69, 9.17) is 5.11 Å². The fraction of sp³-hybridized carbons (Fsp3) is 0.500. The van der Waals surface area contributed by atoms with Crippen LogP contribution in [0.25, 0.3) is 0 Å². The van der Waals surface area contributed by atoms with E-state index in [0.29, 0.717) is 0 Å². The zero-order valence-electron chi connectivity index (χ0n) is 7.60. The largest absolute Gasteiger partial charge is 0.475 e. The molecular formula is C8H9NO5S. The van der Waals surface area contributed by atoms with E-state index < -0.39 is 28.8 Å². The number of amides is 1. The van der Waals surface area contributed by atoms with Gasteiger partial charge in [-0.2, -0.15) is 0 Å². The lowest BCUT2D eigenvalue weighted by molar-refractivity contribution is -0.153. The van der Waals surface area contributed by atoms with Gasteiger partial charge in [-0.1, -0.05) is 0 Å². The van der Waals surface area contributed by atoms with Crippen LogP contribution in [-0.4, -0.2) is 33.9 Å². The number of ketones is 1. The number of hydrogen-bond acceptors (Lipinski definition) is 4. The Morgan fingerprint density at radius 3 is 2.40 bits per heavy atom. The van der Waals surface area contributed by atoms with E-state index in [-0.39, 0.29) is 18.7 Å². The first-order chi connectivity index (χ1) is 6.91. The number of rotatable bonds is 5. The Bertz CT molecular complexity index is 332. The summed E-state index contributed by atoms with van der Waals surface area (Å²) < 4.78 is 0. The second-order valence-corrected chi connectivity index (χ2v) is 3.75. The van der Waals surface area contributed by atoms with Crippen LogP contribution in [0.4, 0.5) is 0 Å². The average molecular weight is 231 g/mol. The van der Waals surface area contributed by atoms with Crippen LogP contribution in [0.2, 0.25) is 0 Å². The molecule has 1 amide bonds. The third-order valence-electron chi connectivity index (χ3n) is 2.18. The van der Waals surface area contributed by atoms with Crippen molar-refractivity contribution in [1.29, 1.82) is 0 Å². The van der Waals surface area contributed by atoms with Crippen LogP contribution in [0.15, 0.2) is 0 Å². The van der Waals surface area contributed by atoms with Crippen molar-refractivity contribution in [1.82, 2.24) is 5.32 Å². The summed E-state index contributed by atoms with van der Waals surface area (Å²) in [7, 11) is 0.